The van der Waals surface area contributed by atoms with E-state index in [0.717, 1.165) is 6.20 Å². The first-order valence-corrected chi connectivity index (χ1v) is 3.16. The van der Waals surface area contributed by atoms with Crippen LogP contribution in [0.2, 0.25) is 0 Å². The maximum Gasteiger partial charge on any atom is 0.382 e. The van der Waals surface area contributed by atoms with Gasteiger partial charge in [-0.05, 0) is 6.72 Å². The van der Waals surface area contributed by atoms with Crippen LogP contribution in [0.3, 0.4) is 0 Å². The Bertz CT molecular complexity index is 357. The third-order valence-electron chi connectivity index (χ3n) is 1.30. The molecule has 0 aliphatic rings. The molecule has 0 saturated carbocycles. The molecule has 0 aliphatic heterocycles. The molecule has 0 saturated heterocycles. The molecule has 0 amide bonds. The highest BCUT2D eigenvalue weighted by Crippen LogP contribution is 2.17. The summed E-state index contributed by atoms with van der Waals surface area (Å²) in [5.74, 6) is 0.292. The van der Waals surface area contributed by atoms with Crippen molar-refractivity contribution in [3.05, 3.63) is 16.7 Å². The number of rotatable bonds is 2. The summed E-state index contributed by atoms with van der Waals surface area (Å²) in [5, 5.41) is 11.5. The van der Waals surface area contributed by atoms with Crippen molar-refractivity contribution in [1.29, 1.82) is 0 Å². The van der Waals surface area contributed by atoms with Gasteiger partial charge in [-0.3, -0.25) is 4.99 Å². The molecule has 0 bridgehead atoms. The highest BCUT2D eigenvalue weighted by molar-refractivity contribution is 5.61. The van der Waals surface area contributed by atoms with E-state index < -0.39 is 5.69 Å². The second-order valence-corrected chi connectivity index (χ2v) is 2.01. The summed E-state index contributed by atoms with van der Waals surface area (Å²) in [6.07, 6.45) is 1.13. The third-order valence-corrected chi connectivity index (χ3v) is 1.30. The lowest BCUT2D eigenvalue weighted by Gasteiger charge is -2.02. The Kier molecular flexibility index (Phi) is 2.09. The van der Waals surface area contributed by atoms with Gasteiger partial charge in [0.15, 0.2) is 5.82 Å². The number of aliphatic imine (C=N–C) groups is 1. The first-order chi connectivity index (χ1) is 5.69. The Morgan fingerprint density at radius 1 is 1.83 bits per heavy atom. The second-order valence-electron chi connectivity index (χ2n) is 2.01. The Hall–Kier alpha value is -1.85. The van der Waals surface area contributed by atoms with Gasteiger partial charge in [-0.25, -0.2) is 4.79 Å². The number of nitrogens with one attached hydrogen (secondary N) is 1. The zero-order valence-electron chi connectivity index (χ0n) is 6.48. The van der Waals surface area contributed by atoms with E-state index >= 15 is 0 Å². The number of anilines is 1. The Morgan fingerprint density at radius 3 is 3.00 bits per heavy atom. The van der Waals surface area contributed by atoms with Crippen LogP contribution < -0.4 is 11.0 Å². The summed E-state index contributed by atoms with van der Waals surface area (Å²) in [7, 11) is 1.60. The first-order valence-electron chi connectivity index (χ1n) is 3.16. The van der Waals surface area contributed by atoms with Crippen LogP contribution in [0.1, 0.15) is 0 Å². The van der Waals surface area contributed by atoms with Crippen LogP contribution >= 0.6 is 0 Å². The van der Waals surface area contributed by atoms with E-state index in [1.807, 2.05) is 0 Å². The fraction of sp³-hybridized carbons (Fsp3) is 0.167. The molecule has 0 spiro atoms. The number of hydrogen-bond donors (Lipinski definition) is 2. The van der Waals surface area contributed by atoms with Gasteiger partial charge in [0.1, 0.15) is 5.69 Å². The van der Waals surface area contributed by atoms with Crippen LogP contribution in [-0.4, -0.2) is 28.7 Å². The molecule has 6 heteroatoms. The second kappa shape index (κ2) is 3.04. The van der Waals surface area contributed by atoms with Crippen molar-refractivity contribution >= 4 is 18.2 Å². The summed E-state index contributed by atoms with van der Waals surface area (Å²) < 4.78 is 0.352. The molecule has 64 valence electrons. The van der Waals surface area contributed by atoms with Gasteiger partial charge in [-0.15, -0.1) is 4.73 Å². The molecule has 0 unspecified atom stereocenters. The molecule has 0 aliphatic carbocycles. The zero-order valence-corrected chi connectivity index (χ0v) is 6.48. The van der Waals surface area contributed by atoms with Gasteiger partial charge in [0.25, 0.3) is 0 Å². The Labute approximate surface area is 68.2 Å². The van der Waals surface area contributed by atoms with Crippen molar-refractivity contribution in [2.75, 3.05) is 12.4 Å². The molecule has 1 aromatic heterocycles. The molecule has 0 aromatic carbocycles. The fourth-order valence-electron chi connectivity index (χ4n) is 0.736. The minimum Gasteiger partial charge on any atom is -0.424 e. The highest BCUT2D eigenvalue weighted by atomic mass is 16.5. The minimum atomic E-state index is -0.758. The summed E-state index contributed by atoms with van der Waals surface area (Å²) in [4.78, 5) is 17.8. The fourth-order valence-corrected chi connectivity index (χ4v) is 0.736. The molecule has 2 N–H and O–H groups in total. The van der Waals surface area contributed by atoms with Gasteiger partial charge >= 0.3 is 5.69 Å². The minimum absolute atomic E-state index is 0.292. The first kappa shape index (κ1) is 8.25. The standard InChI is InChI=1S/C6H8N4O2/c1-7-4-3-10(12)6(11)9-5(4)8-2/h3,12H,1H2,2H3,(H,8,9,11). The van der Waals surface area contributed by atoms with Crippen molar-refractivity contribution in [2.24, 2.45) is 4.99 Å². The normalized spacial score (nSPS) is 9.42. The molecule has 1 heterocycles. The van der Waals surface area contributed by atoms with Crippen LogP contribution in [0, 0.1) is 0 Å². The molecule has 1 rings (SSSR count). The molecule has 12 heavy (non-hydrogen) atoms. The molecular weight excluding hydrogens is 160 g/mol. The van der Waals surface area contributed by atoms with Gasteiger partial charge in [0, 0.05) is 7.05 Å². The lowest BCUT2D eigenvalue weighted by atomic mass is 10.5. The number of nitrogens with zero attached hydrogens (tertiary/aromatic N) is 3. The molecule has 6 nitrogen and oxygen atoms in total. The van der Waals surface area contributed by atoms with Crippen molar-refractivity contribution in [2.45, 2.75) is 0 Å². The van der Waals surface area contributed by atoms with Crippen LogP contribution in [0.15, 0.2) is 16.0 Å². The highest BCUT2D eigenvalue weighted by Gasteiger charge is 2.03. The maximum absolute atomic E-state index is 10.8. The van der Waals surface area contributed by atoms with Crippen LogP contribution in [-0.2, 0) is 0 Å². The lowest BCUT2D eigenvalue weighted by molar-refractivity contribution is 0.171. The summed E-state index contributed by atoms with van der Waals surface area (Å²) in [6, 6.07) is 0. The van der Waals surface area contributed by atoms with E-state index in [-0.39, 0.29) is 0 Å². The van der Waals surface area contributed by atoms with E-state index in [1.54, 1.807) is 7.05 Å². The molecule has 0 fully saturated rings. The largest absolute Gasteiger partial charge is 0.424 e. The van der Waals surface area contributed by atoms with Crippen molar-refractivity contribution in [3.63, 3.8) is 0 Å². The Morgan fingerprint density at radius 2 is 2.50 bits per heavy atom. The molecule has 0 radical (unpaired) electrons. The predicted octanol–water partition coefficient (Wildman–Crippen LogP) is -0.146. The van der Waals surface area contributed by atoms with Gasteiger partial charge in [0.2, 0.25) is 0 Å². The quantitative estimate of drug-likeness (QED) is 0.475. The van der Waals surface area contributed by atoms with E-state index in [9.17, 15) is 4.79 Å². The van der Waals surface area contributed by atoms with Crippen LogP contribution in [0.5, 0.6) is 0 Å². The van der Waals surface area contributed by atoms with Crippen molar-refractivity contribution in [1.82, 2.24) is 9.71 Å². The zero-order chi connectivity index (χ0) is 9.14. The van der Waals surface area contributed by atoms with E-state index in [2.05, 4.69) is 22.0 Å². The van der Waals surface area contributed by atoms with Crippen molar-refractivity contribution < 1.29 is 5.21 Å². The SMILES string of the molecule is C=Nc1cn(O)c(=O)nc1NC. The van der Waals surface area contributed by atoms with E-state index in [1.165, 1.54) is 0 Å². The number of hydrogen-bond acceptors (Lipinski definition) is 5. The topological polar surface area (TPSA) is 79.5 Å². The van der Waals surface area contributed by atoms with E-state index in [0.29, 0.717) is 16.2 Å². The average molecular weight is 168 g/mol. The lowest BCUT2D eigenvalue weighted by Crippen LogP contribution is -2.21. The predicted molar refractivity (Wildman–Crippen MR) is 44.4 cm³/mol. The van der Waals surface area contributed by atoms with E-state index in [4.69, 9.17) is 5.21 Å². The summed E-state index contributed by atoms with van der Waals surface area (Å²) in [6.45, 7) is 3.25. The van der Waals surface area contributed by atoms with Crippen molar-refractivity contribution in [3.8, 4) is 0 Å². The van der Waals surface area contributed by atoms with Gasteiger partial charge in [0.05, 0.1) is 6.20 Å². The average Bonchev–Trinajstić information content (AvgIpc) is 2.09. The van der Waals surface area contributed by atoms with Gasteiger partial charge in [-0.1, -0.05) is 0 Å². The molecule has 0 atom stereocenters. The third kappa shape index (κ3) is 1.26. The Balaban J connectivity index is 3.38. The van der Waals surface area contributed by atoms with Crippen LogP contribution in [0.25, 0.3) is 0 Å². The molecular formula is C6H8N4O2. The van der Waals surface area contributed by atoms with Gasteiger partial charge < -0.3 is 10.5 Å². The monoisotopic (exact) mass is 168 g/mol. The number of aromatic nitrogens is 2. The summed E-state index contributed by atoms with van der Waals surface area (Å²) >= 11 is 0. The molecule has 1 aromatic rings. The maximum atomic E-state index is 10.8. The van der Waals surface area contributed by atoms with Crippen LogP contribution in [0.4, 0.5) is 11.5 Å². The smallest absolute Gasteiger partial charge is 0.382 e. The summed E-state index contributed by atoms with van der Waals surface area (Å²) in [5.41, 5.74) is -0.439. The van der Waals surface area contributed by atoms with Gasteiger partial charge in [-0.2, -0.15) is 4.98 Å².